The molecule has 2 aromatic carbocycles. The number of fused-ring (bicyclic) bond motifs is 1. The van der Waals surface area contributed by atoms with Crippen LogP contribution in [-0.2, 0) is 6.42 Å². The maximum Gasteiger partial charge on any atom is 0.316 e. The first-order valence-electron chi connectivity index (χ1n) is 6.51. The fraction of sp³-hybridized carbons (Fsp3) is 0.125. The second kappa shape index (κ2) is 5.57. The van der Waals surface area contributed by atoms with E-state index in [0.717, 1.165) is 28.6 Å². The molecule has 100 valence electrons. The van der Waals surface area contributed by atoms with Crippen LogP contribution in [0.2, 0.25) is 0 Å². The molecule has 3 aromatic rings. The molecule has 1 heterocycles. The van der Waals surface area contributed by atoms with E-state index in [4.69, 9.17) is 10.5 Å². The normalized spacial score (nSPS) is 10.6. The molecule has 0 aliphatic heterocycles. The predicted molar refractivity (Wildman–Crippen MR) is 79.6 cm³/mol. The molecule has 0 saturated heterocycles. The fourth-order valence-corrected chi connectivity index (χ4v) is 2.04. The number of anilines is 1. The number of nitrogens with two attached hydrogens (primary N) is 1. The first-order chi connectivity index (χ1) is 9.83. The zero-order chi connectivity index (χ0) is 13.8. The Hall–Kier alpha value is -2.62. The number of hydrogen-bond acceptors (Lipinski definition) is 4. The lowest BCUT2D eigenvalue weighted by Crippen LogP contribution is -2.05. The monoisotopic (exact) mass is 265 g/mol. The number of nitrogens with zero attached hydrogens (tertiary/aromatic N) is 2. The van der Waals surface area contributed by atoms with Crippen molar-refractivity contribution in [3.05, 3.63) is 60.3 Å². The third-order valence-electron chi connectivity index (χ3n) is 3.12. The van der Waals surface area contributed by atoms with Crippen LogP contribution < -0.4 is 10.5 Å². The minimum atomic E-state index is 0.401. The van der Waals surface area contributed by atoms with Crippen molar-refractivity contribution in [2.24, 2.45) is 0 Å². The number of hydrogen-bond donors (Lipinski definition) is 1. The largest absolute Gasteiger partial charge is 0.463 e. The van der Waals surface area contributed by atoms with E-state index in [1.54, 1.807) is 6.20 Å². The molecular weight excluding hydrogens is 250 g/mol. The molecule has 0 amide bonds. The van der Waals surface area contributed by atoms with Gasteiger partial charge in [0.05, 0.1) is 12.1 Å². The lowest BCUT2D eigenvalue weighted by atomic mass is 10.1. The van der Waals surface area contributed by atoms with E-state index in [0.29, 0.717) is 12.6 Å². The molecule has 3 rings (SSSR count). The predicted octanol–water partition coefficient (Wildman–Crippen LogP) is 2.83. The van der Waals surface area contributed by atoms with Crippen molar-refractivity contribution in [3.63, 3.8) is 0 Å². The minimum absolute atomic E-state index is 0.401. The Morgan fingerprint density at radius 2 is 1.80 bits per heavy atom. The molecular formula is C16H15N3O. The fourth-order valence-electron chi connectivity index (χ4n) is 2.04. The highest BCUT2D eigenvalue weighted by atomic mass is 16.5. The zero-order valence-electron chi connectivity index (χ0n) is 11.0. The van der Waals surface area contributed by atoms with Crippen LogP contribution in [0.1, 0.15) is 5.56 Å². The first kappa shape index (κ1) is 12.4. The summed E-state index contributed by atoms with van der Waals surface area (Å²) >= 11 is 0. The Bertz CT molecular complexity index is 727. The maximum atomic E-state index is 5.89. The summed E-state index contributed by atoms with van der Waals surface area (Å²) in [5.41, 5.74) is 8.64. The standard InChI is InChI=1S/C16H15N3O/c17-14-7-3-1-5-12(14)9-10-20-16-18-11-13-6-2-4-8-15(13)19-16/h1-8,11H,9-10,17H2. The van der Waals surface area contributed by atoms with Crippen molar-refractivity contribution >= 4 is 16.6 Å². The highest BCUT2D eigenvalue weighted by Gasteiger charge is 2.02. The van der Waals surface area contributed by atoms with Gasteiger partial charge in [0.2, 0.25) is 0 Å². The van der Waals surface area contributed by atoms with Gasteiger partial charge in [0.15, 0.2) is 0 Å². The SMILES string of the molecule is Nc1ccccc1CCOc1ncc2ccccc2n1. The van der Waals surface area contributed by atoms with Crippen LogP contribution in [0.15, 0.2) is 54.7 Å². The molecule has 0 radical (unpaired) electrons. The smallest absolute Gasteiger partial charge is 0.316 e. The van der Waals surface area contributed by atoms with Crippen molar-refractivity contribution in [1.29, 1.82) is 0 Å². The Labute approximate surface area is 117 Å². The molecule has 4 nitrogen and oxygen atoms in total. The zero-order valence-corrected chi connectivity index (χ0v) is 11.0. The lowest BCUT2D eigenvalue weighted by molar-refractivity contribution is 0.297. The molecule has 0 unspecified atom stereocenters. The summed E-state index contributed by atoms with van der Waals surface area (Å²) in [6, 6.07) is 16.0. The van der Waals surface area contributed by atoms with Crippen molar-refractivity contribution in [1.82, 2.24) is 9.97 Å². The van der Waals surface area contributed by atoms with Crippen molar-refractivity contribution in [3.8, 4) is 6.01 Å². The van der Waals surface area contributed by atoms with Crippen LogP contribution in [0.25, 0.3) is 10.9 Å². The van der Waals surface area contributed by atoms with Gasteiger partial charge in [-0.25, -0.2) is 4.98 Å². The molecule has 0 saturated carbocycles. The number of nitrogen functional groups attached to an aromatic ring is 1. The van der Waals surface area contributed by atoms with Crippen LogP contribution in [-0.4, -0.2) is 16.6 Å². The molecule has 0 spiro atoms. The molecule has 0 aliphatic rings. The van der Waals surface area contributed by atoms with Crippen LogP contribution in [0.4, 0.5) is 5.69 Å². The number of rotatable bonds is 4. The second-order valence-electron chi connectivity index (χ2n) is 4.51. The molecule has 0 bridgehead atoms. The van der Waals surface area contributed by atoms with Gasteiger partial charge in [-0.1, -0.05) is 36.4 Å². The van der Waals surface area contributed by atoms with Gasteiger partial charge in [-0.2, -0.15) is 4.98 Å². The first-order valence-corrected chi connectivity index (χ1v) is 6.51. The van der Waals surface area contributed by atoms with Gasteiger partial charge in [-0.05, 0) is 17.7 Å². The molecule has 4 heteroatoms. The Morgan fingerprint density at radius 1 is 1.00 bits per heavy atom. The molecule has 2 N–H and O–H groups in total. The van der Waals surface area contributed by atoms with Crippen LogP contribution >= 0.6 is 0 Å². The van der Waals surface area contributed by atoms with Gasteiger partial charge >= 0.3 is 6.01 Å². The molecule has 0 aliphatic carbocycles. The second-order valence-corrected chi connectivity index (χ2v) is 4.51. The number of para-hydroxylation sites is 2. The maximum absolute atomic E-state index is 5.89. The van der Waals surface area contributed by atoms with E-state index in [-0.39, 0.29) is 0 Å². The van der Waals surface area contributed by atoms with Crippen LogP contribution in [0.5, 0.6) is 6.01 Å². The average Bonchev–Trinajstić information content (AvgIpc) is 2.49. The van der Waals surface area contributed by atoms with Gasteiger partial charge in [0.25, 0.3) is 0 Å². The Kier molecular flexibility index (Phi) is 3.46. The third kappa shape index (κ3) is 2.69. The minimum Gasteiger partial charge on any atom is -0.463 e. The Balaban J connectivity index is 1.67. The number of benzene rings is 2. The van der Waals surface area contributed by atoms with Crippen molar-refractivity contribution in [2.75, 3.05) is 12.3 Å². The summed E-state index contributed by atoms with van der Waals surface area (Å²) in [4.78, 5) is 8.56. The highest BCUT2D eigenvalue weighted by Crippen LogP contribution is 2.14. The van der Waals surface area contributed by atoms with Crippen molar-refractivity contribution < 1.29 is 4.74 Å². The molecule has 20 heavy (non-hydrogen) atoms. The number of ether oxygens (including phenoxy) is 1. The summed E-state index contributed by atoms with van der Waals surface area (Å²) in [7, 11) is 0. The van der Waals surface area contributed by atoms with E-state index in [1.807, 2.05) is 48.5 Å². The third-order valence-corrected chi connectivity index (χ3v) is 3.12. The van der Waals surface area contributed by atoms with Gasteiger partial charge in [0, 0.05) is 23.7 Å². The average molecular weight is 265 g/mol. The molecule has 0 fully saturated rings. The highest BCUT2D eigenvalue weighted by molar-refractivity contribution is 5.77. The number of aromatic nitrogens is 2. The summed E-state index contributed by atoms with van der Waals surface area (Å²) in [6.45, 7) is 0.507. The summed E-state index contributed by atoms with van der Waals surface area (Å²) < 4.78 is 5.60. The van der Waals surface area contributed by atoms with E-state index < -0.39 is 0 Å². The van der Waals surface area contributed by atoms with Gasteiger partial charge in [-0.15, -0.1) is 0 Å². The Morgan fingerprint density at radius 3 is 2.70 bits per heavy atom. The quantitative estimate of drug-likeness (QED) is 0.737. The lowest BCUT2D eigenvalue weighted by Gasteiger charge is -2.07. The van der Waals surface area contributed by atoms with E-state index in [1.165, 1.54) is 0 Å². The molecule has 0 atom stereocenters. The summed E-state index contributed by atoms with van der Waals surface area (Å²) in [5.74, 6) is 0. The van der Waals surface area contributed by atoms with Gasteiger partial charge in [0.1, 0.15) is 0 Å². The topological polar surface area (TPSA) is 61.0 Å². The summed E-state index contributed by atoms with van der Waals surface area (Å²) in [5, 5.41) is 1.01. The van der Waals surface area contributed by atoms with Gasteiger partial charge < -0.3 is 10.5 Å². The van der Waals surface area contributed by atoms with E-state index >= 15 is 0 Å². The van der Waals surface area contributed by atoms with Crippen molar-refractivity contribution in [2.45, 2.75) is 6.42 Å². The van der Waals surface area contributed by atoms with Crippen LogP contribution in [0.3, 0.4) is 0 Å². The summed E-state index contributed by atoms with van der Waals surface area (Å²) in [6.07, 6.45) is 2.51. The van der Waals surface area contributed by atoms with E-state index in [2.05, 4.69) is 9.97 Å². The van der Waals surface area contributed by atoms with Gasteiger partial charge in [-0.3, -0.25) is 0 Å². The van der Waals surface area contributed by atoms with Crippen LogP contribution in [0, 0.1) is 0 Å². The van der Waals surface area contributed by atoms with E-state index in [9.17, 15) is 0 Å². The molecule has 1 aromatic heterocycles.